The van der Waals surface area contributed by atoms with Gasteiger partial charge in [-0.15, -0.1) is 0 Å². The second-order valence-corrected chi connectivity index (χ2v) is 7.70. The van der Waals surface area contributed by atoms with Crippen LogP contribution in [0, 0.1) is 0 Å². The molecule has 0 saturated carbocycles. The van der Waals surface area contributed by atoms with Crippen LogP contribution in [0.2, 0.25) is 0 Å². The average Bonchev–Trinajstić information content (AvgIpc) is 2.81. The SMILES string of the molecule is COc1ccc(N2CCN(C(=O)COC(=O)c3ccc(COC(C)C)cc3)CC2)cc1. The average molecular weight is 427 g/mol. The Hall–Kier alpha value is -3.06. The molecule has 1 amide bonds. The van der Waals surface area contributed by atoms with Crippen molar-refractivity contribution in [3.05, 3.63) is 59.7 Å². The van der Waals surface area contributed by atoms with Crippen molar-refractivity contribution in [2.24, 2.45) is 0 Å². The third kappa shape index (κ3) is 6.46. The lowest BCUT2D eigenvalue weighted by atomic mass is 10.1. The Morgan fingerprint density at radius 3 is 2.16 bits per heavy atom. The molecular formula is C24H30N2O5. The molecule has 0 unspecified atom stereocenters. The van der Waals surface area contributed by atoms with Crippen LogP contribution in [-0.4, -0.2) is 62.8 Å². The summed E-state index contributed by atoms with van der Waals surface area (Å²) in [6.45, 7) is 6.83. The van der Waals surface area contributed by atoms with Crippen molar-refractivity contribution in [2.75, 3.05) is 44.8 Å². The van der Waals surface area contributed by atoms with Gasteiger partial charge in [-0.05, 0) is 55.8 Å². The number of hydrogen-bond acceptors (Lipinski definition) is 6. The summed E-state index contributed by atoms with van der Waals surface area (Å²) in [7, 11) is 1.64. The van der Waals surface area contributed by atoms with Crippen molar-refractivity contribution in [2.45, 2.75) is 26.6 Å². The summed E-state index contributed by atoms with van der Waals surface area (Å²) in [5.74, 6) is 0.143. The summed E-state index contributed by atoms with van der Waals surface area (Å²) in [6.07, 6.45) is 0.147. The van der Waals surface area contributed by atoms with E-state index in [4.69, 9.17) is 14.2 Å². The third-order valence-corrected chi connectivity index (χ3v) is 5.17. The van der Waals surface area contributed by atoms with Gasteiger partial charge in [-0.25, -0.2) is 4.79 Å². The number of methoxy groups -OCH3 is 1. The van der Waals surface area contributed by atoms with Crippen molar-refractivity contribution in [1.29, 1.82) is 0 Å². The molecule has 0 bridgehead atoms. The standard InChI is InChI=1S/C24H30N2O5/c1-18(2)30-16-19-4-6-20(7-5-19)24(28)31-17-23(27)26-14-12-25(13-15-26)21-8-10-22(29-3)11-9-21/h4-11,18H,12-17H2,1-3H3. The first-order valence-electron chi connectivity index (χ1n) is 10.5. The Balaban J connectivity index is 1.43. The minimum Gasteiger partial charge on any atom is -0.497 e. The summed E-state index contributed by atoms with van der Waals surface area (Å²) in [6, 6.07) is 14.9. The highest BCUT2D eigenvalue weighted by atomic mass is 16.5. The first-order valence-corrected chi connectivity index (χ1v) is 10.5. The van der Waals surface area contributed by atoms with Crippen LogP contribution in [-0.2, 0) is 20.9 Å². The molecule has 0 radical (unpaired) electrons. The first-order chi connectivity index (χ1) is 15.0. The molecule has 0 spiro atoms. The van der Waals surface area contributed by atoms with Gasteiger partial charge in [0.15, 0.2) is 6.61 Å². The van der Waals surface area contributed by atoms with E-state index >= 15 is 0 Å². The zero-order valence-electron chi connectivity index (χ0n) is 18.4. The Kier molecular flexibility index (Phi) is 7.89. The fourth-order valence-electron chi connectivity index (χ4n) is 3.31. The Labute approximate surface area is 183 Å². The number of amides is 1. The van der Waals surface area contributed by atoms with E-state index in [9.17, 15) is 9.59 Å². The quantitative estimate of drug-likeness (QED) is 0.604. The van der Waals surface area contributed by atoms with Gasteiger partial charge in [-0.1, -0.05) is 12.1 Å². The molecule has 1 heterocycles. The van der Waals surface area contributed by atoms with Gasteiger partial charge in [0.1, 0.15) is 5.75 Å². The fourth-order valence-corrected chi connectivity index (χ4v) is 3.31. The molecule has 1 fully saturated rings. The number of carbonyl (C=O) groups excluding carboxylic acids is 2. The van der Waals surface area contributed by atoms with E-state index < -0.39 is 5.97 Å². The van der Waals surface area contributed by atoms with E-state index in [0.717, 1.165) is 30.1 Å². The molecule has 7 heteroatoms. The number of anilines is 1. The highest BCUT2D eigenvalue weighted by molar-refractivity contribution is 5.91. The topological polar surface area (TPSA) is 68.3 Å². The lowest BCUT2D eigenvalue weighted by Gasteiger charge is -2.36. The molecule has 166 valence electrons. The molecule has 3 rings (SSSR count). The number of ether oxygens (including phenoxy) is 3. The molecule has 0 aliphatic carbocycles. The number of piperazine rings is 1. The summed E-state index contributed by atoms with van der Waals surface area (Å²) < 4.78 is 16.0. The van der Waals surface area contributed by atoms with Crippen LogP contribution in [0.1, 0.15) is 29.8 Å². The molecule has 0 N–H and O–H groups in total. The van der Waals surface area contributed by atoms with Crippen molar-refractivity contribution in [1.82, 2.24) is 4.90 Å². The van der Waals surface area contributed by atoms with Gasteiger partial charge >= 0.3 is 5.97 Å². The minimum absolute atomic E-state index is 0.147. The predicted octanol–water partition coefficient (Wildman–Crippen LogP) is 3.13. The van der Waals surface area contributed by atoms with Gasteiger partial charge in [0.25, 0.3) is 5.91 Å². The molecular weight excluding hydrogens is 396 g/mol. The molecule has 1 aliphatic rings. The van der Waals surface area contributed by atoms with E-state index in [1.54, 1.807) is 24.1 Å². The number of benzene rings is 2. The van der Waals surface area contributed by atoms with Crippen LogP contribution in [0.5, 0.6) is 5.75 Å². The van der Waals surface area contributed by atoms with Crippen LogP contribution in [0.25, 0.3) is 0 Å². The molecule has 2 aromatic rings. The lowest BCUT2D eigenvalue weighted by molar-refractivity contribution is -0.134. The Bertz CT molecular complexity index is 857. The van der Waals surface area contributed by atoms with E-state index in [2.05, 4.69) is 4.90 Å². The number of esters is 1. The number of carbonyl (C=O) groups is 2. The molecule has 1 aliphatic heterocycles. The maximum Gasteiger partial charge on any atom is 0.338 e. The fraction of sp³-hybridized carbons (Fsp3) is 0.417. The smallest absolute Gasteiger partial charge is 0.338 e. The van der Waals surface area contributed by atoms with Gasteiger partial charge in [0, 0.05) is 31.9 Å². The summed E-state index contributed by atoms with van der Waals surface area (Å²) in [5.41, 5.74) is 2.50. The van der Waals surface area contributed by atoms with Gasteiger partial charge in [0.05, 0.1) is 25.4 Å². The van der Waals surface area contributed by atoms with Crippen LogP contribution in [0.3, 0.4) is 0 Å². The van der Waals surface area contributed by atoms with Crippen molar-refractivity contribution >= 4 is 17.6 Å². The molecule has 2 aromatic carbocycles. The third-order valence-electron chi connectivity index (χ3n) is 5.17. The second kappa shape index (κ2) is 10.8. The van der Waals surface area contributed by atoms with Crippen molar-refractivity contribution in [3.63, 3.8) is 0 Å². The van der Waals surface area contributed by atoms with E-state index in [1.165, 1.54) is 0 Å². The van der Waals surface area contributed by atoms with Gasteiger partial charge < -0.3 is 24.0 Å². The highest BCUT2D eigenvalue weighted by Gasteiger charge is 2.22. The van der Waals surface area contributed by atoms with Gasteiger partial charge in [-0.3, -0.25) is 4.79 Å². The summed E-state index contributed by atoms with van der Waals surface area (Å²) in [5, 5.41) is 0. The van der Waals surface area contributed by atoms with Crippen molar-refractivity contribution < 1.29 is 23.8 Å². The van der Waals surface area contributed by atoms with Crippen LogP contribution in [0.4, 0.5) is 5.69 Å². The Morgan fingerprint density at radius 2 is 1.58 bits per heavy atom. The molecule has 31 heavy (non-hydrogen) atoms. The Morgan fingerprint density at radius 1 is 0.935 bits per heavy atom. The normalized spacial score (nSPS) is 13.9. The van der Waals surface area contributed by atoms with Gasteiger partial charge in [-0.2, -0.15) is 0 Å². The highest BCUT2D eigenvalue weighted by Crippen LogP contribution is 2.20. The summed E-state index contributed by atoms with van der Waals surface area (Å²) in [4.78, 5) is 28.7. The number of hydrogen-bond donors (Lipinski definition) is 0. The lowest BCUT2D eigenvalue weighted by Crippen LogP contribution is -2.49. The van der Waals surface area contributed by atoms with E-state index in [1.807, 2.05) is 50.2 Å². The zero-order chi connectivity index (χ0) is 22.2. The largest absolute Gasteiger partial charge is 0.497 e. The minimum atomic E-state index is -0.499. The first kappa shape index (κ1) is 22.6. The van der Waals surface area contributed by atoms with Crippen LogP contribution < -0.4 is 9.64 Å². The van der Waals surface area contributed by atoms with Gasteiger partial charge in [0.2, 0.25) is 0 Å². The van der Waals surface area contributed by atoms with Crippen LogP contribution in [0.15, 0.2) is 48.5 Å². The predicted molar refractivity (Wildman–Crippen MR) is 118 cm³/mol. The number of nitrogens with zero attached hydrogens (tertiary/aromatic N) is 2. The molecule has 0 aromatic heterocycles. The summed E-state index contributed by atoms with van der Waals surface area (Å²) >= 11 is 0. The van der Waals surface area contributed by atoms with Crippen LogP contribution >= 0.6 is 0 Å². The second-order valence-electron chi connectivity index (χ2n) is 7.70. The zero-order valence-corrected chi connectivity index (χ0v) is 18.4. The van der Waals surface area contributed by atoms with E-state index in [-0.39, 0.29) is 18.6 Å². The molecule has 0 atom stereocenters. The maximum absolute atomic E-state index is 12.5. The maximum atomic E-state index is 12.5. The number of rotatable bonds is 8. The molecule has 7 nitrogen and oxygen atoms in total. The van der Waals surface area contributed by atoms with E-state index in [0.29, 0.717) is 25.3 Å². The van der Waals surface area contributed by atoms with Crippen molar-refractivity contribution in [3.8, 4) is 5.75 Å². The monoisotopic (exact) mass is 426 g/mol. The molecule has 1 saturated heterocycles.